The molecule has 0 bridgehead atoms. The first-order valence-corrected chi connectivity index (χ1v) is 11.3. The number of benzene rings is 2. The molecule has 2 aliphatic carbocycles. The molecule has 2 aromatic rings. The van der Waals surface area contributed by atoms with Gasteiger partial charge in [-0.3, -0.25) is 9.10 Å². The number of anilines is 1. The van der Waals surface area contributed by atoms with E-state index in [0.29, 0.717) is 28.1 Å². The number of nitrogens with one attached hydrogen (secondary N) is 1. The Bertz CT molecular complexity index is 988. The first kappa shape index (κ1) is 19.3. The van der Waals surface area contributed by atoms with Gasteiger partial charge in [-0.2, -0.15) is 0 Å². The number of carbonyl (C=O) groups excluding carboxylic acids is 1. The molecular weight excluding hydrogens is 396 g/mol. The van der Waals surface area contributed by atoms with Crippen molar-refractivity contribution < 1.29 is 13.2 Å². The van der Waals surface area contributed by atoms with E-state index >= 15 is 0 Å². The molecule has 5 nitrogen and oxygen atoms in total. The van der Waals surface area contributed by atoms with Crippen LogP contribution in [0.4, 0.5) is 5.69 Å². The molecule has 1 amide bonds. The Morgan fingerprint density at radius 2 is 1.71 bits per heavy atom. The van der Waals surface area contributed by atoms with Crippen molar-refractivity contribution in [3.05, 3.63) is 59.1 Å². The van der Waals surface area contributed by atoms with E-state index in [4.69, 9.17) is 11.6 Å². The fourth-order valence-electron chi connectivity index (χ4n) is 3.53. The van der Waals surface area contributed by atoms with Gasteiger partial charge >= 0.3 is 0 Å². The summed E-state index contributed by atoms with van der Waals surface area (Å²) >= 11 is 5.99. The topological polar surface area (TPSA) is 66.5 Å². The van der Waals surface area contributed by atoms with Gasteiger partial charge in [-0.05, 0) is 73.9 Å². The molecule has 0 spiro atoms. The SMILES string of the molecule is CN(c1cccc(Cl)c1)S(=O)(=O)c1cccc(C(=O)NC(C2CC2)C2CC2)c1. The van der Waals surface area contributed by atoms with Crippen molar-refractivity contribution in [2.45, 2.75) is 36.6 Å². The molecule has 28 heavy (non-hydrogen) atoms. The Kier molecular flexibility index (Phi) is 5.10. The Morgan fingerprint density at radius 3 is 2.32 bits per heavy atom. The highest BCUT2D eigenvalue weighted by atomic mass is 35.5. The van der Waals surface area contributed by atoms with Gasteiger partial charge < -0.3 is 5.32 Å². The van der Waals surface area contributed by atoms with E-state index in [2.05, 4.69) is 5.32 Å². The van der Waals surface area contributed by atoms with Crippen LogP contribution in [-0.2, 0) is 10.0 Å². The Labute approximate surface area is 170 Å². The number of nitrogens with zero attached hydrogens (tertiary/aromatic N) is 1. The van der Waals surface area contributed by atoms with Crippen molar-refractivity contribution in [1.29, 1.82) is 0 Å². The predicted octanol–water partition coefficient (Wildman–Crippen LogP) is 4.08. The molecule has 4 rings (SSSR count). The quantitative estimate of drug-likeness (QED) is 0.736. The molecular formula is C21H23ClN2O3S. The lowest BCUT2D eigenvalue weighted by atomic mass is 10.1. The largest absolute Gasteiger partial charge is 0.349 e. The zero-order chi connectivity index (χ0) is 19.9. The minimum atomic E-state index is -3.81. The maximum atomic E-state index is 13.0. The van der Waals surface area contributed by atoms with Gasteiger partial charge in [0.15, 0.2) is 0 Å². The number of amides is 1. The molecule has 0 saturated heterocycles. The summed E-state index contributed by atoms with van der Waals surface area (Å²) in [7, 11) is -2.33. The summed E-state index contributed by atoms with van der Waals surface area (Å²) in [5.74, 6) is 0.959. The van der Waals surface area contributed by atoms with E-state index < -0.39 is 10.0 Å². The Hall–Kier alpha value is -2.05. The predicted molar refractivity (Wildman–Crippen MR) is 110 cm³/mol. The fourth-order valence-corrected chi connectivity index (χ4v) is 4.95. The molecule has 148 valence electrons. The highest BCUT2D eigenvalue weighted by Crippen LogP contribution is 2.44. The summed E-state index contributed by atoms with van der Waals surface area (Å²) < 4.78 is 27.2. The summed E-state index contributed by atoms with van der Waals surface area (Å²) in [5.41, 5.74) is 0.830. The monoisotopic (exact) mass is 418 g/mol. The summed E-state index contributed by atoms with van der Waals surface area (Å²) in [5, 5.41) is 3.60. The van der Waals surface area contributed by atoms with Gasteiger partial charge in [0.1, 0.15) is 0 Å². The van der Waals surface area contributed by atoms with E-state index in [1.54, 1.807) is 36.4 Å². The third-order valence-electron chi connectivity index (χ3n) is 5.48. The van der Waals surface area contributed by atoms with Crippen molar-refractivity contribution in [3.63, 3.8) is 0 Å². The number of hydrogen-bond donors (Lipinski definition) is 1. The maximum absolute atomic E-state index is 13.0. The smallest absolute Gasteiger partial charge is 0.264 e. The second-order valence-corrected chi connectivity index (χ2v) is 10.1. The summed E-state index contributed by atoms with van der Waals surface area (Å²) in [6.07, 6.45) is 4.67. The maximum Gasteiger partial charge on any atom is 0.264 e. The molecule has 2 saturated carbocycles. The zero-order valence-corrected chi connectivity index (χ0v) is 17.2. The fraction of sp³-hybridized carbons (Fsp3) is 0.381. The van der Waals surface area contributed by atoms with Crippen LogP contribution in [0.3, 0.4) is 0 Å². The highest BCUT2D eigenvalue weighted by molar-refractivity contribution is 7.92. The lowest BCUT2D eigenvalue weighted by Gasteiger charge is -2.21. The molecule has 0 atom stereocenters. The zero-order valence-electron chi connectivity index (χ0n) is 15.6. The number of rotatable bonds is 7. The second kappa shape index (κ2) is 7.41. The van der Waals surface area contributed by atoms with Crippen LogP contribution in [0, 0.1) is 11.8 Å². The first-order valence-electron chi connectivity index (χ1n) is 9.52. The molecule has 7 heteroatoms. The van der Waals surface area contributed by atoms with E-state index in [1.807, 2.05) is 0 Å². The number of hydrogen-bond acceptors (Lipinski definition) is 3. The van der Waals surface area contributed by atoms with Gasteiger partial charge in [-0.15, -0.1) is 0 Å². The minimum absolute atomic E-state index is 0.0806. The van der Waals surface area contributed by atoms with E-state index in [1.165, 1.54) is 49.2 Å². The molecule has 0 unspecified atom stereocenters. The highest BCUT2D eigenvalue weighted by Gasteiger charge is 2.42. The second-order valence-electron chi connectivity index (χ2n) is 7.65. The third-order valence-corrected chi connectivity index (χ3v) is 7.50. The average Bonchev–Trinajstić information content (AvgIpc) is 3.58. The normalized spacial score (nSPS) is 16.8. The van der Waals surface area contributed by atoms with Crippen LogP contribution in [0.2, 0.25) is 5.02 Å². The van der Waals surface area contributed by atoms with Crippen molar-refractivity contribution in [2.24, 2.45) is 11.8 Å². The number of halogens is 1. The number of sulfonamides is 1. The molecule has 0 aliphatic heterocycles. The molecule has 0 aromatic heterocycles. The molecule has 0 radical (unpaired) electrons. The summed E-state index contributed by atoms with van der Waals surface area (Å²) in [6, 6.07) is 13.1. The van der Waals surface area contributed by atoms with Crippen LogP contribution < -0.4 is 9.62 Å². The molecule has 0 heterocycles. The molecule has 2 aromatic carbocycles. The Morgan fingerprint density at radius 1 is 1.07 bits per heavy atom. The minimum Gasteiger partial charge on any atom is -0.349 e. The van der Waals surface area contributed by atoms with E-state index in [0.717, 1.165) is 0 Å². The van der Waals surface area contributed by atoms with Crippen LogP contribution in [0.1, 0.15) is 36.0 Å². The van der Waals surface area contributed by atoms with Gasteiger partial charge in [0.2, 0.25) is 0 Å². The van der Waals surface area contributed by atoms with E-state index in [9.17, 15) is 13.2 Å². The van der Waals surface area contributed by atoms with Crippen molar-refractivity contribution >= 4 is 33.2 Å². The van der Waals surface area contributed by atoms with Crippen molar-refractivity contribution in [3.8, 4) is 0 Å². The van der Waals surface area contributed by atoms with Crippen LogP contribution in [0.25, 0.3) is 0 Å². The van der Waals surface area contributed by atoms with Gasteiger partial charge in [0.05, 0.1) is 10.6 Å². The number of carbonyl (C=O) groups is 1. The van der Waals surface area contributed by atoms with E-state index in [-0.39, 0.29) is 16.8 Å². The molecule has 2 aliphatic rings. The van der Waals surface area contributed by atoms with Crippen LogP contribution >= 0.6 is 11.6 Å². The first-order chi connectivity index (χ1) is 13.4. The average molecular weight is 419 g/mol. The van der Waals surface area contributed by atoms with Crippen LogP contribution in [-0.4, -0.2) is 27.4 Å². The van der Waals surface area contributed by atoms with Gasteiger partial charge in [-0.25, -0.2) is 8.42 Å². The van der Waals surface area contributed by atoms with Gasteiger partial charge in [0, 0.05) is 23.7 Å². The third kappa shape index (κ3) is 4.03. The van der Waals surface area contributed by atoms with Crippen LogP contribution in [0.15, 0.2) is 53.4 Å². The van der Waals surface area contributed by atoms with Gasteiger partial charge in [-0.1, -0.05) is 23.7 Å². The molecule has 2 fully saturated rings. The van der Waals surface area contributed by atoms with Crippen molar-refractivity contribution in [2.75, 3.05) is 11.4 Å². The van der Waals surface area contributed by atoms with Crippen molar-refractivity contribution in [1.82, 2.24) is 5.32 Å². The summed E-state index contributed by atoms with van der Waals surface area (Å²) in [4.78, 5) is 12.8. The molecule has 1 N–H and O–H groups in total. The Balaban J connectivity index is 1.56. The lowest BCUT2D eigenvalue weighted by molar-refractivity contribution is 0.0926. The van der Waals surface area contributed by atoms with Gasteiger partial charge in [0.25, 0.3) is 15.9 Å². The lowest BCUT2D eigenvalue weighted by Crippen LogP contribution is -2.38. The standard InChI is InChI=1S/C21H23ClN2O3S/c1-24(18-6-3-5-17(22)13-18)28(26,27)19-7-2-4-16(12-19)21(25)23-20(14-8-9-14)15-10-11-15/h2-7,12-15,20H,8-11H2,1H3,(H,23,25). The summed E-state index contributed by atoms with van der Waals surface area (Å²) in [6.45, 7) is 0. The van der Waals surface area contributed by atoms with Crippen LogP contribution in [0.5, 0.6) is 0 Å².